The van der Waals surface area contributed by atoms with Crippen molar-refractivity contribution >= 4 is 15.7 Å². The maximum absolute atomic E-state index is 12.6. The zero-order valence-corrected chi connectivity index (χ0v) is 13.1. The SMILES string of the molecule is CC(C)N1CCN(S(=O)(=O)c2ccc(C#N)cc2N)CC1. The Morgan fingerprint density at radius 2 is 1.86 bits per heavy atom. The van der Waals surface area contributed by atoms with E-state index in [1.807, 2.05) is 6.07 Å². The van der Waals surface area contributed by atoms with Crippen LogP contribution in [0.3, 0.4) is 0 Å². The van der Waals surface area contributed by atoms with E-state index in [1.54, 1.807) is 0 Å². The maximum atomic E-state index is 12.6. The molecule has 0 bridgehead atoms. The second-order valence-electron chi connectivity index (χ2n) is 5.40. The third-order valence-corrected chi connectivity index (χ3v) is 5.73. The summed E-state index contributed by atoms with van der Waals surface area (Å²) >= 11 is 0. The maximum Gasteiger partial charge on any atom is 0.245 e. The van der Waals surface area contributed by atoms with Crippen LogP contribution in [0, 0.1) is 11.3 Å². The molecule has 114 valence electrons. The molecule has 0 amide bonds. The van der Waals surface area contributed by atoms with Gasteiger partial charge in [0.05, 0.1) is 17.3 Å². The Bertz CT molecular complexity index is 656. The van der Waals surface area contributed by atoms with Gasteiger partial charge in [0.2, 0.25) is 10.0 Å². The van der Waals surface area contributed by atoms with E-state index in [9.17, 15) is 8.42 Å². The molecule has 0 atom stereocenters. The molecule has 1 aromatic carbocycles. The minimum Gasteiger partial charge on any atom is -0.398 e. The van der Waals surface area contributed by atoms with Crippen LogP contribution in [0.25, 0.3) is 0 Å². The second kappa shape index (κ2) is 6.02. The minimum absolute atomic E-state index is 0.0829. The third-order valence-electron chi connectivity index (χ3n) is 3.76. The summed E-state index contributed by atoms with van der Waals surface area (Å²) in [7, 11) is -3.59. The summed E-state index contributed by atoms with van der Waals surface area (Å²) in [6.45, 7) is 6.55. The highest BCUT2D eigenvalue weighted by molar-refractivity contribution is 7.89. The van der Waals surface area contributed by atoms with Gasteiger partial charge in [-0.1, -0.05) is 0 Å². The van der Waals surface area contributed by atoms with Crippen molar-refractivity contribution in [1.82, 2.24) is 9.21 Å². The van der Waals surface area contributed by atoms with Crippen LogP contribution in [0.5, 0.6) is 0 Å². The Morgan fingerprint density at radius 1 is 1.24 bits per heavy atom. The largest absolute Gasteiger partial charge is 0.398 e. The molecule has 0 unspecified atom stereocenters. The van der Waals surface area contributed by atoms with Crippen LogP contribution in [0.1, 0.15) is 19.4 Å². The summed E-state index contributed by atoms with van der Waals surface area (Å²) < 4.78 is 26.7. The lowest BCUT2D eigenvalue weighted by atomic mass is 10.2. The van der Waals surface area contributed by atoms with Crippen molar-refractivity contribution in [1.29, 1.82) is 5.26 Å². The Labute approximate surface area is 125 Å². The molecule has 2 N–H and O–H groups in total. The number of benzene rings is 1. The zero-order chi connectivity index (χ0) is 15.6. The summed E-state index contributed by atoms with van der Waals surface area (Å²) in [6, 6.07) is 6.66. The van der Waals surface area contributed by atoms with Crippen LogP contribution in [-0.4, -0.2) is 49.8 Å². The molecule has 0 aromatic heterocycles. The van der Waals surface area contributed by atoms with Gasteiger partial charge in [-0.15, -0.1) is 0 Å². The first-order valence-corrected chi connectivity index (χ1v) is 8.34. The molecule has 1 aromatic rings. The first-order chi connectivity index (χ1) is 9.86. The highest BCUT2D eigenvalue weighted by Gasteiger charge is 2.30. The highest BCUT2D eigenvalue weighted by Crippen LogP contribution is 2.24. The number of rotatable bonds is 3. The molecule has 0 saturated carbocycles. The standard InChI is InChI=1S/C14H20N4O2S/c1-11(2)17-5-7-18(8-6-17)21(19,20)14-4-3-12(10-15)9-13(14)16/h3-4,9,11H,5-8,16H2,1-2H3. The first kappa shape index (κ1) is 15.8. The van der Waals surface area contributed by atoms with Crippen LogP contribution < -0.4 is 5.73 Å². The van der Waals surface area contributed by atoms with Gasteiger partial charge < -0.3 is 5.73 Å². The van der Waals surface area contributed by atoms with Crippen LogP contribution in [0.2, 0.25) is 0 Å². The fourth-order valence-electron chi connectivity index (χ4n) is 2.45. The lowest BCUT2D eigenvalue weighted by molar-refractivity contribution is 0.154. The molecule has 1 heterocycles. The van der Waals surface area contributed by atoms with Crippen molar-refractivity contribution in [2.45, 2.75) is 24.8 Å². The smallest absolute Gasteiger partial charge is 0.245 e. The summed E-state index contributed by atoms with van der Waals surface area (Å²) in [4.78, 5) is 2.33. The molecule has 0 radical (unpaired) electrons. The van der Waals surface area contributed by atoms with Crippen LogP contribution in [-0.2, 0) is 10.0 Å². The van der Waals surface area contributed by atoms with E-state index < -0.39 is 10.0 Å². The fourth-order valence-corrected chi connectivity index (χ4v) is 3.97. The molecule has 1 fully saturated rings. The molecule has 0 spiro atoms. The van der Waals surface area contributed by atoms with Crippen molar-refractivity contribution in [3.05, 3.63) is 23.8 Å². The first-order valence-electron chi connectivity index (χ1n) is 6.90. The molecule has 1 aliphatic rings. The number of hydrogen-bond donors (Lipinski definition) is 1. The third kappa shape index (κ3) is 3.18. The Kier molecular flexibility index (Phi) is 4.52. The van der Waals surface area contributed by atoms with Crippen molar-refractivity contribution in [3.63, 3.8) is 0 Å². The molecular weight excluding hydrogens is 288 g/mol. The second-order valence-corrected chi connectivity index (χ2v) is 7.30. The van der Waals surface area contributed by atoms with E-state index in [0.29, 0.717) is 37.8 Å². The molecule has 6 nitrogen and oxygen atoms in total. The predicted octanol–water partition coefficient (Wildman–Crippen LogP) is 0.855. The van der Waals surface area contributed by atoms with Gasteiger partial charge in [0, 0.05) is 32.2 Å². The fraction of sp³-hybridized carbons (Fsp3) is 0.500. The summed E-state index contributed by atoms with van der Waals surface area (Å²) in [6.07, 6.45) is 0. The van der Waals surface area contributed by atoms with E-state index in [-0.39, 0.29) is 10.6 Å². The Hall–Kier alpha value is -1.62. The van der Waals surface area contributed by atoms with E-state index in [0.717, 1.165) is 0 Å². The molecule has 21 heavy (non-hydrogen) atoms. The molecule has 7 heteroatoms. The quantitative estimate of drug-likeness (QED) is 0.836. The van der Waals surface area contributed by atoms with Gasteiger partial charge in [-0.05, 0) is 32.0 Å². The van der Waals surface area contributed by atoms with Gasteiger partial charge in [0.15, 0.2) is 0 Å². The van der Waals surface area contributed by atoms with Crippen molar-refractivity contribution in [2.24, 2.45) is 0 Å². The van der Waals surface area contributed by atoms with Crippen molar-refractivity contribution < 1.29 is 8.42 Å². The van der Waals surface area contributed by atoms with Gasteiger partial charge >= 0.3 is 0 Å². The van der Waals surface area contributed by atoms with Crippen molar-refractivity contribution in [2.75, 3.05) is 31.9 Å². The lowest BCUT2D eigenvalue weighted by Gasteiger charge is -2.36. The van der Waals surface area contributed by atoms with E-state index >= 15 is 0 Å². The van der Waals surface area contributed by atoms with E-state index in [4.69, 9.17) is 11.0 Å². The minimum atomic E-state index is -3.59. The molecule has 0 aliphatic carbocycles. The topological polar surface area (TPSA) is 90.4 Å². The number of piperazine rings is 1. The Balaban J connectivity index is 2.22. The van der Waals surface area contributed by atoms with Crippen LogP contribution >= 0.6 is 0 Å². The molecule has 1 aliphatic heterocycles. The van der Waals surface area contributed by atoms with Gasteiger partial charge in [-0.25, -0.2) is 8.42 Å². The normalized spacial score (nSPS) is 17.8. The zero-order valence-electron chi connectivity index (χ0n) is 12.3. The average molecular weight is 308 g/mol. The number of nitrogens with zero attached hydrogens (tertiary/aromatic N) is 3. The Morgan fingerprint density at radius 3 is 2.33 bits per heavy atom. The molecule has 2 rings (SSSR count). The van der Waals surface area contributed by atoms with Crippen LogP contribution in [0.4, 0.5) is 5.69 Å². The van der Waals surface area contributed by atoms with Gasteiger partial charge in [-0.3, -0.25) is 4.90 Å². The highest BCUT2D eigenvalue weighted by atomic mass is 32.2. The number of nitrogens with two attached hydrogens (primary N) is 1. The van der Waals surface area contributed by atoms with Crippen LogP contribution in [0.15, 0.2) is 23.1 Å². The number of sulfonamides is 1. The van der Waals surface area contributed by atoms with E-state index in [2.05, 4.69) is 18.7 Å². The predicted molar refractivity (Wildman–Crippen MR) is 81.0 cm³/mol. The number of nitriles is 1. The number of anilines is 1. The van der Waals surface area contributed by atoms with Crippen molar-refractivity contribution in [3.8, 4) is 6.07 Å². The summed E-state index contributed by atoms with van der Waals surface area (Å²) in [5.74, 6) is 0. The lowest BCUT2D eigenvalue weighted by Crippen LogP contribution is -2.50. The average Bonchev–Trinajstić information content (AvgIpc) is 2.46. The summed E-state index contributed by atoms with van der Waals surface area (Å²) in [5, 5.41) is 8.81. The monoisotopic (exact) mass is 308 g/mol. The number of hydrogen-bond acceptors (Lipinski definition) is 5. The van der Waals surface area contributed by atoms with E-state index in [1.165, 1.54) is 22.5 Å². The summed E-state index contributed by atoms with van der Waals surface area (Å²) in [5.41, 5.74) is 6.28. The number of nitrogen functional groups attached to an aromatic ring is 1. The van der Waals surface area contributed by atoms with Gasteiger partial charge in [0.1, 0.15) is 4.90 Å². The molecular formula is C14H20N4O2S. The molecule has 1 saturated heterocycles. The van der Waals surface area contributed by atoms with Gasteiger partial charge in [0.25, 0.3) is 0 Å². The van der Waals surface area contributed by atoms with Gasteiger partial charge in [-0.2, -0.15) is 9.57 Å².